The van der Waals surface area contributed by atoms with Gasteiger partial charge in [0.25, 0.3) is 0 Å². The summed E-state index contributed by atoms with van der Waals surface area (Å²) < 4.78 is 20.9. The van der Waals surface area contributed by atoms with Gasteiger partial charge in [0, 0.05) is 6.42 Å². The molecule has 0 spiro atoms. The van der Waals surface area contributed by atoms with Gasteiger partial charge in [0.2, 0.25) is 0 Å². The molecule has 8 heavy (non-hydrogen) atoms. The van der Waals surface area contributed by atoms with Gasteiger partial charge in [-0.05, 0) is 0 Å². The molecule has 0 amide bonds. The first-order valence-corrected chi connectivity index (χ1v) is 4.14. The Bertz CT molecular complexity index is 170. The standard InChI is InChI=1S/C4H7O3S/c5-4-1-2-8(6,7)3-4/h1,4-5H,2-3H2. The molecule has 0 bridgehead atoms. The molecule has 3 nitrogen and oxygen atoms in total. The van der Waals surface area contributed by atoms with E-state index in [4.69, 9.17) is 5.11 Å². The lowest BCUT2D eigenvalue weighted by atomic mass is 10.3. The zero-order valence-electron chi connectivity index (χ0n) is 4.24. The van der Waals surface area contributed by atoms with Gasteiger partial charge in [0.15, 0.2) is 9.84 Å². The third kappa shape index (κ3) is 1.20. The lowest BCUT2D eigenvalue weighted by Crippen LogP contribution is -2.08. The van der Waals surface area contributed by atoms with Crippen LogP contribution in [0.3, 0.4) is 0 Å². The summed E-state index contributed by atoms with van der Waals surface area (Å²) in [6.07, 6.45) is 0.676. The van der Waals surface area contributed by atoms with Gasteiger partial charge in [-0.25, -0.2) is 8.42 Å². The monoisotopic (exact) mass is 135 g/mol. The normalized spacial score (nSPS) is 35.4. The lowest BCUT2D eigenvalue weighted by Gasteiger charge is -1.90. The van der Waals surface area contributed by atoms with Crippen molar-refractivity contribution in [1.82, 2.24) is 0 Å². The third-order valence-electron chi connectivity index (χ3n) is 1.05. The zero-order chi connectivity index (χ0) is 6.20. The molecule has 0 aromatic rings. The van der Waals surface area contributed by atoms with E-state index < -0.39 is 15.9 Å². The molecule has 47 valence electrons. The molecule has 1 aliphatic rings. The summed E-state index contributed by atoms with van der Waals surface area (Å²) in [6, 6.07) is 0. The van der Waals surface area contributed by atoms with E-state index >= 15 is 0 Å². The Morgan fingerprint density at radius 3 is 2.38 bits per heavy atom. The maximum atomic E-state index is 10.4. The van der Waals surface area contributed by atoms with Gasteiger partial charge in [0.1, 0.15) is 0 Å². The number of aliphatic hydroxyl groups excluding tert-OH is 1. The first-order chi connectivity index (χ1) is 3.60. The second-order valence-corrected chi connectivity index (χ2v) is 4.03. The van der Waals surface area contributed by atoms with Crippen molar-refractivity contribution in [3.8, 4) is 0 Å². The van der Waals surface area contributed by atoms with E-state index in [0.29, 0.717) is 0 Å². The van der Waals surface area contributed by atoms with Gasteiger partial charge in [-0.3, -0.25) is 0 Å². The van der Waals surface area contributed by atoms with Crippen LogP contribution in [0.15, 0.2) is 0 Å². The molecule has 1 rings (SSSR count). The van der Waals surface area contributed by atoms with E-state index in [1.54, 1.807) is 0 Å². The van der Waals surface area contributed by atoms with Crippen molar-refractivity contribution in [2.45, 2.75) is 6.10 Å². The van der Waals surface area contributed by atoms with Gasteiger partial charge in [-0.2, -0.15) is 0 Å². The molecule has 0 aromatic heterocycles. The van der Waals surface area contributed by atoms with Gasteiger partial charge < -0.3 is 5.11 Å². The van der Waals surface area contributed by atoms with Crippen LogP contribution in [-0.4, -0.2) is 31.1 Å². The van der Waals surface area contributed by atoms with Crippen LogP contribution in [0.2, 0.25) is 0 Å². The van der Waals surface area contributed by atoms with E-state index in [2.05, 4.69) is 0 Å². The molecule has 0 aliphatic carbocycles. The van der Waals surface area contributed by atoms with Crippen molar-refractivity contribution in [3.05, 3.63) is 6.42 Å². The summed E-state index contributed by atoms with van der Waals surface area (Å²) in [5.41, 5.74) is 0. The van der Waals surface area contributed by atoms with E-state index in [0.717, 1.165) is 0 Å². The van der Waals surface area contributed by atoms with Crippen LogP contribution in [0.5, 0.6) is 0 Å². The molecule has 1 fully saturated rings. The van der Waals surface area contributed by atoms with E-state index in [9.17, 15) is 8.42 Å². The van der Waals surface area contributed by atoms with Crippen LogP contribution in [0.1, 0.15) is 0 Å². The highest BCUT2D eigenvalue weighted by Gasteiger charge is 2.25. The third-order valence-corrected chi connectivity index (χ3v) is 2.60. The fourth-order valence-corrected chi connectivity index (χ4v) is 1.96. The summed E-state index contributed by atoms with van der Waals surface area (Å²) in [4.78, 5) is 0. The Balaban J connectivity index is 2.71. The first-order valence-electron chi connectivity index (χ1n) is 2.32. The Labute approximate surface area is 48.2 Å². The topological polar surface area (TPSA) is 54.4 Å². The SMILES string of the molecule is O=S1(=O)C[CH]C(O)C1. The number of aliphatic hydroxyl groups is 1. The van der Waals surface area contributed by atoms with Crippen molar-refractivity contribution in [2.24, 2.45) is 0 Å². The maximum Gasteiger partial charge on any atom is 0.153 e. The Hall–Kier alpha value is -0.0900. The molecule has 0 aromatic carbocycles. The van der Waals surface area contributed by atoms with Crippen LogP contribution >= 0.6 is 0 Å². The van der Waals surface area contributed by atoms with Gasteiger partial charge >= 0.3 is 0 Å². The molecule has 1 N–H and O–H groups in total. The maximum absolute atomic E-state index is 10.4. The van der Waals surface area contributed by atoms with Gasteiger partial charge in [-0.1, -0.05) is 0 Å². The molecule has 4 heteroatoms. The summed E-state index contributed by atoms with van der Waals surface area (Å²) in [5.74, 6) is -0.0544. The second-order valence-electron chi connectivity index (χ2n) is 1.88. The predicted molar refractivity (Wildman–Crippen MR) is 29.0 cm³/mol. The van der Waals surface area contributed by atoms with Crippen molar-refractivity contribution >= 4 is 9.84 Å². The van der Waals surface area contributed by atoms with Gasteiger partial charge in [-0.15, -0.1) is 0 Å². The lowest BCUT2D eigenvalue weighted by molar-refractivity contribution is 0.237. The minimum absolute atomic E-state index is 0.0359. The van der Waals surface area contributed by atoms with Gasteiger partial charge in [0.05, 0.1) is 17.6 Å². The van der Waals surface area contributed by atoms with Crippen LogP contribution in [0, 0.1) is 6.42 Å². The summed E-state index contributed by atoms with van der Waals surface area (Å²) in [7, 11) is -2.90. The zero-order valence-corrected chi connectivity index (χ0v) is 5.06. The average molecular weight is 135 g/mol. The fourth-order valence-electron chi connectivity index (χ4n) is 0.654. The highest BCUT2D eigenvalue weighted by molar-refractivity contribution is 7.91. The summed E-state index contributed by atoms with van der Waals surface area (Å²) in [6.45, 7) is 0. The molecule has 1 saturated heterocycles. The quantitative estimate of drug-likeness (QED) is 0.462. The molecule has 1 atom stereocenters. The highest BCUT2D eigenvalue weighted by Crippen LogP contribution is 2.08. The minimum Gasteiger partial charge on any atom is -0.392 e. The van der Waals surface area contributed by atoms with E-state index in [1.807, 2.05) is 0 Å². The molecular formula is C4H7O3S. The highest BCUT2D eigenvalue weighted by atomic mass is 32.2. The fraction of sp³-hybridized carbons (Fsp3) is 0.750. The molecule has 1 radical (unpaired) electrons. The number of hydrogen-bond acceptors (Lipinski definition) is 3. The Morgan fingerprint density at radius 2 is 2.25 bits per heavy atom. The Morgan fingerprint density at radius 1 is 1.62 bits per heavy atom. The number of rotatable bonds is 0. The van der Waals surface area contributed by atoms with Crippen molar-refractivity contribution in [2.75, 3.05) is 11.5 Å². The van der Waals surface area contributed by atoms with Crippen molar-refractivity contribution in [1.29, 1.82) is 0 Å². The minimum atomic E-state index is -2.90. The largest absolute Gasteiger partial charge is 0.392 e. The summed E-state index contributed by atoms with van der Waals surface area (Å²) in [5, 5.41) is 8.63. The Kier molecular flexibility index (Phi) is 1.28. The van der Waals surface area contributed by atoms with Crippen LogP contribution in [0.25, 0.3) is 0 Å². The van der Waals surface area contributed by atoms with Crippen molar-refractivity contribution < 1.29 is 13.5 Å². The van der Waals surface area contributed by atoms with Crippen LogP contribution in [-0.2, 0) is 9.84 Å². The number of hydrogen-bond donors (Lipinski definition) is 1. The van der Waals surface area contributed by atoms with Crippen LogP contribution in [0.4, 0.5) is 0 Å². The summed E-state index contributed by atoms with van der Waals surface area (Å²) >= 11 is 0. The smallest absolute Gasteiger partial charge is 0.153 e. The average Bonchev–Trinajstić information content (AvgIpc) is 1.82. The molecule has 1 unspecified atom stereocenters. The second kappa shape index (κ2) is 1.70. The van der Waals surface area contributed by atoms with E-state index in [-0.39, 0.29) is 11.5 Å². The molecular weight excluding hydrogens is 128 g/mol. The van der Waals surface area contributed by atoms with E-state index in [1.165, 1.54) is 6.42 Å². The van der Waals surface area contributed by atoms with Crippen molar-refractivity contribution in [3.63, 3.8) is 0 Å². The molecule has 1 heterocycles. The first kappa shape index (κ1) is 6.04. The molecule has 1 aliphatic heterocycles. The predicted octanol–water partition coefficient (Wildman–Crippen LogP) is -1.02. The molecule has 0 saturated carbocycles. The van der Waals surface area contributed by atoms with Crippen LogP contribution < -0.4 is 0 Å². The number of sulfone groups is 1.